The zero-order valence-corrected chi connectivity index (χ0v) is 9.16. The van der Waals surface area contributed by atoms with Gasteiger partial charge in [-0.25, -0.2) is 0 Å². The lowest BCUT2D eigenvalue weighted by Gasteiger charge is -2.36. The highest BCUT2D eigenvalue weighted by molar-refractivity contribution is 5.92. The number of amides is 2. The number of nitrogens with zero attached hydrogens (tertiary/aromatic N) is 1. The molecule has 2 rings (SSSR count). The molecule has 1 N–H and O–H groups in total. The van der Waals surface area contributed by atoms with Crippen LogP contribution in [0.15, 0.2) is 0 Å². The number of β-lactam (4-membered cyclic amide) rings is 1. The van der Waals surface area contributed by atoms with Crippen LogP contribution in [-0.4, -0.2) is 36.3 Å². The molecule has 0 spiro atoms. The molecule has 2 amide bonds. The molecule has 1 saturated carbocycles. The molecule has 84 valence electrons. The van der Waals surface area contributed by atoms with Gasteiger partial charge in [0.05, 0.1) is 0 Å². The highest BCUT2D eigenvalue weighted by Crippen LogP contribution is 2.26. The van der Waals surface area contributed by atoms with E-state index in [1.807, 2.05) is 0 Å². The molecule has 4 heteroatoms. The van der Waals surface area contributed by atoms with Crippen LogP contribution < -0.4 is 5.32 Å². The van der Waals surface area contributed by atoms with Crippen molar-refractivity contribution in [3.63, 3.8) is 0 Å². The molecule has 0 unspecified atom stereocenters. The smallest absolute Gasteiger partial charge is 0.244 e. The monoisotopic (exact) mass is 210 g/mol. The van der Waals surface area contributed by atoms with Crippen LogP contribution in [0.25, 0.3) is 0 Å². The average Bonchev–Trinajstić information content (AvgIpc) is 2.27. The standard InChI is InChI=1S/C11H18N2O2/c1-13(9-7-12-10(9)14)11(15)8-5-3-2-4-6-8/h8-9H,2-7H2,1H3,(H,12,14)/t9-/m1/s1. The van der Waals surface area contributed by atoms with Crippen molar-refractivity contribution in [2.45, 2.75) is 38.1 Å². The first-order valence-electron chi connectivity index (χ1n) is 5.74. The minimum atomic E-state index is -0.209. The van der Waals surface area contributed by atoms with Gasteiger partial charge in [0.15, 0.2) is 0 Å². The van der Waals surface area contributed by atoms with Crippen LogP contribution in [0.2, 0.25) is 0 Å². The second kappa shape index (κ2) is 4.21. The Morgan fingerprint density at radius 3 is 2.47 bits per heavy atom. The Bertz CT molecular complexity index is 272. The predicted octanol–water partition coefficient (Wildman–Crippen LogP) is 0.523. The summed E-state index contributed by atoms with van der Waals surface area (Å²) in [6.07, 6.45) is 5.55. The molecular weight excluding hydrogens is 192 g/mol. The highest BCUT2D eigenvalue weighted by Gasteiger charge is 2.36. The summed E-state index contributed by atoms with van der Waals surface area (Å²) < 4.78 is 0. The quantitative estimate of drug-likeness (QED) is 0.676. The molecule has 1 saturated heterocycles. The van der Waals surface area contributed by atoms with Crippen molar-refractivity contribution in [2.75, 3.05) is 13.6 Å². The van der Waals surface area contributed by atoms with E-state index in [0.29, 0.717) is 6.54 Å². The predicted molar refractivity (Wildman–Crippen MR) is 56.1 cm³/mol. The van der Waals surface area contributed by atoms with E-state index in [2.05, 4.69) is 5.32 Å². The number of carbonyl (C=O) groups is 2. The van der Waals surface area contributed by atoms with Gasteiger partial charge >= 0.3 is 0 Å². The minimum absolute atomic E-state index is 0.0124. The Balaban J connectivity index is 1.91. The molecule has 1 heterocycles. The first-order valence-corrected chi connectivity index (χ1v) is 5.74. The summed E-state index contributed by atoms with van der Waals surface area (Å²) in [6, 6.07) is -0.209. The molecule has 4 nitrogen and oxygen atoms in total. The van der Waals surface area contributed by atoms with Crippen molar-refractivity contribution in [2.24, 2.45) is 5.92 Å². The fourth-order valence-corrected chi connectivity index (χ4v) is 2.38. The van der Waals surface area contributed by atoms with E-state index in [-0.39, 0.29) is 23.8 Å². The van der Waals surface area contributed by atoms with E-state index in [4.69, 9.17) is 0 Å². The Labute approximate surface area is 90.0 Å². The Hall–Kier alpha value is -1.06. The lowest BCUT2D eigenvalue weighted by atomic mass is 9.88. The van der Waals surface area contributed by atoms with E-state index in [0.717, 1.165) is 25.7 Å². The molecule has 1 aliphatic heterocycles. The summed E-state index contributed by atoms with van der Waals surface area (Å²) >= 11 is 0. The van der Waals surface area contributed by atoms with Gasteiger partial charge < -0.3 is 10.2 Å². The van der Waals surface area contributed by atoms with Crippen molar-refractivity contribution in [3.05, 3.63) is 0 Å². The Kier molecular flexibility index (Phi) is 2.93. The highest BCUT2D eigenvalue weighted by atomic mass is 16.2. The molecular formula is C11H18N2O2. The molecule has 2 aliphatic rings. The van der Waals surface area contributed by atoms with Crippen molar-refractivity contribution in [3.8, 4) is 0 Å². The van der Waals surface area contributed by atoms with Crippen LogP contribution in [0.1, 0.15) is 32.1 Å². The van der Waals surface area contributed by atoms with Gasteiger partial charge in [-0.05, 0) is 12.8 Å². The maximum Gasteiger partial charge on any atom is 0.244 e. The van der Waals surface area contributed by atoms with E-state index in [9.17, 15) is 9.59 Å². The van der Waals surface area contributed by atoms with Crippen LogP contribution in [0.3, 0.4) is 0 Å². The number of likely N-dealkylation sites (N-methyl/N-ethyl adjacent to an activating group) is 1. The normalized spacial score (nSPS) is 26.7. The first-order chi connectivity index (χ1) is 7.20. The number of hydrogen-bond acceptors (Lipinski definition) is 2. The lowest BCUT2D eigenvalue weighted by molar-refractivity contribution is -0.146. The summed E-state index contributed by atoms with van der Waals surface area (Å²) in [4.78, 5) is 24.8. The average molecular weight is 210 g/mol. The van der Waals surface area contributed by atoms with Crippen molar-refractivity contribution >= 4 is 11.8 Å². The number of hydrogen-bond donors (Lipinski definition) is 1. The maximum atomic E-state index is 12.0. The molecule has 0 aromatic rings. The van der Waals surface area contributed by atoms with E-state index in [1.54, 1.807) is 11.9 Å². The van der Waals surface area contributed by atoms with E-state index in [1.165, 1.54) is 6.42 Å². The van der Waals surface area contributed by atoms with Gasteiger partial charge in [0.25, 0.3) is 0 Å². The summed E-state index contributed by atoms with van der Waals surface area (Å²) in [6.45, 7) is 0.619. The Morgan fingerprint density at radius 2 is 2.00 bits per heavy atom. The second-order valence-corrected chi connectivity index (χ2v) is 4.55. The third kappa shape index (κ3) is 1.98. The molecule has 1 atom stereocenters. The zero-order valence-electron chi connectivity index (χ0n) is 9.16. The summed E-state index contributed by atoms with van der Waals surface area (Å²) in [5.41, 5.74) is 0. The lowest BCUT2D eigenvalue weighted by Crippen LogP contribution is -2.62. The van der Waals surface area contributed by atoms with Gasteiger partial charge in [-0.3, -0.25) is 9.59 Å². The van der Waals surface area contributed by atoms with Crippen molar-refractivity contribution in [1.29, 1.82) is 0 Å². The molecule has 0 bridgehead atoms. The van der Waals surface area contributed by atoms with Gasteiger partial charge in [0.1, 0.15) is 6.04 Å². The third-order valence-electron chi connectivity index (χ3n) is 3.54. The van der Waals surface area contributed by atoms with E-state index < -0.39 is 0 Å². The summed E-state index contributed by atoms with van der Waals surface area (Å²) in [5.74, 6) is 0.313. The van der Waals surface area contributed by atoms with Gasteiger partial charge in [-0.15, -0.1) is 0 Å². The molecule has 0 radical (unpaired) electrons. The van der Waals surface area contributed by atoms with Crippen LogP contribution in [0, 0.1) is 5.92 Å². The largest absolute Gasteiger partial charge is 0.352 e. The number of carbonyl (C=O) groups excluding carboxylic acids is 2. The minimum Gasteiger partial charge on any atom is -0.352 e. The van der Waals surface area contributed by atoms with Crippen molar-refractivity contribution < 1.29 is 9.59 Å². The van der Waals surface area contributed by atoms with Crippen LogP contribution in [0.5, 0.6) is 0 Å². The fraction of sp³-hybridized carbons (Fsp3) is 0.818. The first kappa shape index (κ1) is 10.5. The van der Waals surface area contributed by atoms with Crippen LogP contribution in [0.4, 0.5) is 0 Å². The zero-order chi connectivity index (χ0) is 10.8. The Morgan fingerprint density at radius 1 is 1.33 bits per heavy atom. The van der Waals surface area contributed by atoms with Gasteiger partial charge in [0, 0.05) is 19.5 Å². The molecule has 15 heavy (non-hydrogen) atoms. The van der Waals surface area contributed by atoms with Gasteiger partial charge in [-0.1, -0.05) is 19.3 Å². The summed E-state index contributed by atoms with van der Waals surface area (Å²) in [5, 5.41) is 2.66. The van der Waals surface area contributed by atoms with Gasteiger partial charge in [-0.2, -0.15) is 0 Å². The molecule has 1 aliphatic carbocycles. The third-order valence-corrected chi connectivity index (χ3v) is 3.54. The maximum absolute atomic E-state index is 12.0. The summed E-state index contributed by atoms with van der Waals surface area (Å²) in [7, 11) is 1.75. The van der Waals surface area contributed by atoms with Gasteiger partial charge in [0.2, 0.25) is 11.8 Å². The topological polar surface area (TPSA) is 49.4 Å². The number of rotatable bonds is 2. The SMILES string of the molecule is CN(C(=O)C1CCCCC1)[C@@H]1CNC1=O. The number of nitrogens with one attached hydrogen (secondary N) is 1. The molecule has 0 aromatic carbocycles. The molecule has 0 aromatic heterocycles. The fourth-order valence-electron chi connectivity index (χ4n) is 2.38. The van der Waals surface area contributed by atoms with E-state index >= 15 is 0 Å². The second-order valence-electron chi connectivity index (χ2n) is 4.55. The van der Waals surface area contributed by atoms with Crippen molar-refractivity contribution in [1.82, 2.24) is 10.2 Å². The molecule has 2 fully saturated rings. The van der Waals surface area contributed by atoms with Crippen LogP contribution in [-0.2, 0) is 9.59 Å². The van der Waals surface area contributed by atoms with Crippen LogP contribution >= 0.6 is 0 Å².